The molecule has 0 spiro atoms. The van der Waals surface area contributed by atoms with Crippen molar-refractivity contribution < 1.29 is 13.9 Å². The van der Waals surface area contributed by atoms with E-state index in [1.807, 2.05) is 54.6 Å². The zero-order chi connectivity index (χ0) is 19.3. The van der Waals surface area contributed by atoms with Gasteiger partial charge in [0.2, 0.25) is 5.89 Å². The Morgan fingerprint density at radius 3 is 2.75 bits per heavy atom. The van der Waals surface area contributed by atoms with Crippen molar-refractivity contribution in [2.45, 2.75) is 6.54 Å². The van der Waals surface area contributed by atoms with Crippen molar-refractivity contribution in [3.05, 3.63) is 78.3 Å². The predicted molar refractivity (Wildman–Crippen MR) is 102 cm³/mol. The molecule has 28 heavy (non-hydrogen) atoms. The van der Waals surface area contributed by atoms with Gasteiger partial charge in [0.1, 0.15) is 12.0 Å². The van der Waals surface area contributed by atoms with E-state index in [0.717, 1.165) is 16.9 Å². The average Bonchev–Trinajstić information content (AvgIpc) is 3.39. The van der Waals surface area contributed by atoms with Gasteiger partial charge in [-0.2, -0.15) is 0 Å². The minimum absolute atomic E-state index is 0.165. The molecule has 0 radical (unpaired) electrons. The van der Waals surface area contributed by atoms with Crippen LogP contribution in [0.2, 0.25) is 0 Å². The molecule has 4 rings (SSSR count). The van der Waals surface area contributed by atoms with Crippen LogP contribution in [-0.2, 0) is 6.54 Å². The molecule has 2 aromatic carbocycles. The number of carbonyl (C=O) groups is 1. The van der Waals surface area contributed by atoms with E-state index in [0.29, 0.717) is 18.3 Å². The molecule has 0 aliphatic heterocycles. The fourth-order valence-corrected chi connectivity index (χ4v) is 2.71. The first kappa shape index (κ1) is 17.5. The van der Waals surface area contributed by atoms with E-state index in [4.69, 9.17) is 9.15 Å². The van der Waals surface area contributed by atoms with Gasteiger partial charge >= 0.3 is 0 Å². The van der Waals surface area contributed by atoms with Crippen LogP contribution in [0.25, 0.3) is 11.5 Å². The Bertz CT molecular complexity index is 1090. The molecular weight excluding hydrogens is 358 g/mol. The van der Waals surface area contributed by atoms with E-state index in [-0.39, 0.29) is 5.69 Å². The number of oxazole rings is 1. The van der Waals surface area contributed by atoms with Crippen LogP contribution in [0.4, 0.5) is 5.82 Å². The molecule has 0 fully saturated rings. The number of rotatable bonds is 6. The van der Waals surface area contributed by atoms with Crippen molar-refractivity contribution in [2.75, 3.05) is 12.4 Å². The second kappa shape index (κ2) is 7.75. The second-order valence-corrected chi connectivity index (χ2v) is 5.97. The molecule has 0 saturated heterocycles. The quantitative estimate of drug-likeness (QED) is 0.556. The standard InChI is InChI=1S/C20H17N5O3/c1-27-17-10-6-5-9-15(17)11-25-12-18(23-24-25)22-19(26)16-13-28-20(21-16)14-7-3-2-4-8-14/h2-10,12-13H,11H2,1H3,(H,22,26). The molecule has 0 atom stereocenters. The zero-order valence-corrected chi connectivity index (χ0v) is 15.1. The number of carbonyl (C=O) groups excluding carboxylic acids is 1. The highest BCUT2D eigenvalue weighted by Gasteiger charge is 2.15. The maximum atomic E-state index is 12.4. The van der Waals surface area contributed by atoms with Crippen LogP contribution >= 0.6 is 0 Å². The van der Waals surface area contributed by atoms with Crippen LogP contribution in [0.1, 0.15) is 16.1 Å². The summed E-state index contributed by atoms with van der Waals surface area (Å²) in [5.74, 6) is 1.05. The number of nitrogens with one attached hydrogen (secondary N) is 1. The fraction of sp³-hybridized carbons (Fsp3) is 0.100. The van der Waals surface area contributed by atoms with Crippen LogP contribution in [0, 0.1) is 0 Å². The molecule has 8 heteroatoms. The first-order chi connectivity index (χ1) is 13.7. The largest absolute Gasteiger partial charge is 0.496 e. The fourth-order valence-electron chi connectivity index (χ4n) is 2.71. The van der Waals surface area contributed by atoms with Gasteiger partial charge in [0.05, 0.1) is 19.9 Å². The number of methoxy groups -OCH3 is 1. The van der Waals surface area contributed by atoms with Gasteiger partial charge in [0.15, 0.2) is 11.5 Å². The third-order valence-corrected chi connectivity index (χ3v) is 4.06. The average molecular weight is 375 g/mol. The van der Waals surface area contributed by atoms with Gasteiger partial charge < -0.3 is 14.5 Å². The normalized spacial score (nSPS) is 10.6. The summed E-state index contributed by atoms with van der Waals surface area (Å²) >= 11 is 0. The topological polar surface area (TPSA) is 95.1 Å². The molecule has 0 saturated carbocycles. The highest BCUT2D eigenvalue weighted by Crippen LogP contribution is 2.20. The summed E-state index contributed by atoms with van der Waals surface area (Å²) in [6.45, 7) is 0.467. The van der Waals surface area contributed by atoms with Gasteiger partial charge in [-0.05, 0) is 18.2 Å². The first-order valence-corrected chi connectivity index (χ1v) is 8.57. The van der Waals surface area contributed by atoms with Crippen LogP contribution < -0.4 is 10.1 Å². The van der Waals surface area contributed by atoms with E-state index < -0.39 is 5.91 Å². The Kier molecular flexibility index (Phi) is 4.83. The van der Waals surface area contributed by atoms with Crippen LogP contribution in [0.5, 0.6) is 5.75 Å². The van der Waals surface area contributed by atoms with Crippen LogP contribution in [0.15, 0.2) is 71.5 Å². The number of benzene rings is 2. The van der Waals surface area contributed by atoms with Gasteiger partial charge in [-0.15, -0.1) is 5.10 Å². The van der Waals surface area contributed by atoms with Crippen molar-refractivity contribution in [3.63, 3.8) is 0 Å². The maximum Gasteiger partial charge on any atom is 0.278 e. The molecule has 1 N–H and O–H groups in total. The highest BCUT2D eigenvalue weighted by molar-refractivity contribution is 6.02. The van der Waals surface area contributed by atoms with Gasteiger partial charge in [0.25, 0.3) is 5.91 Å². The molecular formula is C20H17N5O3. The molecule has 140 valence electrons. The van der Waals surface area contributed by atoms with Gasteiger partial charge in [-0.1, -0.05) is 41.6 Å². The number of nitrogens with zero attached hydrogens (tertiary/aromatic N) is 4. The minimum Gasteiger partial charge on any atom is -0.496 e. The second-order valence-electron chi connectivity index (χ2n) is 5.97. The zero-order valence-electron chi connectivity index (χ0n) is 15.1. The molecule has 0 unspecified atom stereocenters. The molecule has 0 bridgehead atoms. The highest BCUT2D eigenvalue weighted by atomic mass is 16.5. The number of anilines is 1. The van der Waals surface area contributed by atoms with Crippen molar-refractivity contribution >= 4 is 11.7 Å². The number of hydrogen-bond donors (Lipinski definition) is 1. The molecule has 0 aliphatic carbocycles. The summed E-state index contributed by atoms with van der Waals surface area (Å²) in [7, 11) is 1.62. The number of aromatic nitrogens is 4. The van der Waals surface area contributed by atoms with Gasteiger partial charge in [-0.25, -0.2) is 9.67 Å². The number of hydrogen-bond acceptors (Lipinski definition) is 6. The Labute approximate surface area is 160 Å². The van der Waals surface area contributed by atoms with Crippen LogP contribution in [-0.4, -0.2) is 33.0 Å². The van der Waals surface area contributed by atoms with E-state index >= 15 is 0 Å². The smallest absolute Gasteiger partial charge is 0.278 e. The molecule has 4 aromatic rings. The lowest BCUT2D eigenvalue weighted by atomic mass is 10.2. The SMILES string of the molecule is COc1ccccc1Cn1cc(NC(=O)c2coc(-c3ccccc3)n2)nn1. The van der Waals surface area contributed by atoms with Gasteiger partial charge in [-0.3, -0.25) is 4.79 Å². The van der Waals surface area contributed by atoms with E-state index in [9.17, 15) is 4.79 Å². The Hall–Kier alpha value is -3.94. The lowest BCUT2D eigenvalue weighted by Crippen LogP contribution is -2.12. The lowest BCUT2D eigenvalue weighted by Gasteiger charge is -2.07. The summed E-state index contributed by atoms with van der Waals surface area (Å²) in [5, 5.41) is 10.7. The predicted octanol–water partition coefficient (Wildman–Crippen LogP) is 3.24. The Morgan fingerprint density at radius 1 is 1.14 bits per heavy atom. The van der Waals surface area contributed by atoms with Crippen molar-refractivity contribution in [1.29, 1.82) is 0 Å². The number of para-hydroxylation sites is 1. The maximum absolute atomic E-state index is 12.4. The molecule has 2 aromatic heterocycles. The number of ether oxygens (including phenoxy) is 1. The third kappa shape index (κ3) is 3.75. The van der Waals surface area contributed by atoms with Crippen molar-refractivity contribution in [3.8, 4) is 17.2 Å². The summed E-state index contributed by atoms with van der Waals surface area (Å²) < 4.78 is 12.3. The molecule has 2 heterocycles. The Balaban J connectivity index is 1.44. The van der Waals surface area contributed by atoms with Crippen molar-refractivity contribution in [1.82, 2.24) is 20.0 Å². The molecule has 0 aliphatic rings. The minimum atomic E-state index is -0.421. The third-order valence-electron chi connectivity index (χ3n) is 4.06. The molecule has 8 nitrogen and oxygen atoms in total. The summed E-state index contributed by atoms with van der Waals surface area (Å²) in [6.07, 6.45) is 2.96. The van der Waals surface area contributed by atoms with Crippen molar-refractivity contribution in [2.24, 2.45) is 0 Å². The van der Waals surface area contributed by atoms with E-state index in [1.54, 1.807) is 18.0 Å². The first-order valence-electron chi connectivity index (χ1n) is 8.57. The lowest BCUT2D eigenvalue weighted by molar-refractivity contribution is 0.102. The summed E-state index contributed by atoms with van der Waals surface area (Å²) in [6, 6.07) is 17.0. The molecule has 1 amide bonds. The Morgan fingerprint density at radius 2 is 1.93 bits per heavy atom. The van der Waals surface area contributed by atoms with Crippen LogP contribution in [0.3, 0.4) is 0 Å². The summed E-state index contributed by atoms with van der Waals surface area (Å²) in [5.41, 5.74) is 1.92. The monoisotopic (exact) mass is 375 g/mol. The van der Waals surface area contributed by atoms with E-state index in [2.05, 4.69) is 20.6 Å². The van der Waals surface area contributed by atoms with E-state index in [1.165, 1.54) is 6.26 Å². The number of amides is 1. The van der Waals surface area contributed by atoms with Gasteiger partial charge in [0, 0.05) is 11.1 Å². The summed E-state index contributed by atoms with van der Waals surface area (Å²) in [4.78, 5) is 16.6.